The summed E-state index contributed by atoms with van der Waals surface area (Å²) in [6.07, 6.45) is 2.89. The highest BCUT2D eigenvalue weighted by atomic mass is 15.3. The predicted octanol–water partition coefficient (Wildman–Crippen LogP) is 1.04. The molecule has 0 saturated carbocycles. The summed E-state index contributed by atoms with van der Waals surface area (Å²) < 4.78 is 0. The van der Waals surface area contributed by atoms with Crippen LogP contribution in [0, 0.1) is 0 Å². The van der Waals surface area contributed by atoms with E-state index in [-0.39, 0.29) is 0 Å². The Bertz CT molecular complexity index is 340. The average molecular weight is 237 g/mol. The molecule has 0 saturated heterocycles. The van der Waals surface area contributed by atoms with Gasteiger partial charge in [0.1, 0.15) is 0 Å². The van der Waals surface area contributed by atoms with Crippen LogP contribution < -0.4 is 10.2 Å². The number of nitrogens with one attached hydrogen (secondary N) is 1. The lowest BCUT2D eigenvalue weighted by Gasteiger charge is -2.17. The quantitative estimate of drug-likeness (QED) is 0.718. The summed E-state index contributed by atoms with van der Waals surface area (Å²) in [6.45, 7) is 6.14. The standard InChI is InChI=1S/C12H23N5/c1-5-10-11(6-2)15-16-12(14-10)17(4)9-7-8-13-3/h13H,5-9H2,1-4H3. The van der Waals surface area contributed by atoms with Crippen molar-refractivity contribution in [2.75, 3.05) is 32.1 Å². The van der Waals surface area contributed by atoms with Crippen LogP contribution in [-0.2, 0) is 12.8 Å². The Labute approximate surface area is 104 Å². The summed E-state index contributed by atoms with van der Waals surface area (Å²) in [7, 11) is 3.97. The molecule has 0 atom stereocenters. The number of hydrogen-bond donors (Lipinski definition) is 1. The summed E-state index contributed by atoms with van der Waals surface area (Å²) in [5.74, 6) is 0.732. The maximum absolute atomic E-state index is 4.57. The first kappa shape index (κ1) is 13.8. The van der Waals surface area contributed by atoms with Gasteiger partial charge in [-0.2, -0.15) is 5.10 Å². The first-order valence-electron chi connectivity index (χ1n) is 6.31. The van der Waals surface area contributed by atoms with Gasteiger partial charge in [0.25, 0.3) is 0 Å². The molecule has 0 aliphatic carbocycles. The van der Waals surface area contributed by atoms with Gasteiger partial charge in [0.15, 0.2) is 0 Å². The van der Waals surface area contributed by atoms with Crippen LogP contribution in [0.1, 0.15) is 31.7 Å². The highest BCUT2D eigenvalue weighted by Gasteiger charge is 2.09. The zero-order valence-electron chi connectivity index (χ0n) is 11.3. The lowest BCUT2D eigenvalue weighted by Crippen LogP contribution is -2.25. The molecule has 1 aromatic rings. The Morgan fingerprint density at radius 1 is 1.12 bits per heavy atom. The second-order valence-corrected chi connectivity index (χ2v) is 4.09. The third-order valence-electron chi connectivity index (χ3n) is 2.76. The van der Waals surface area contributed by atoms with Crippen LogP contribution in [0.3, 0.4) is 0 Å². The van der Waals surface area contributed by atoms with Crippen molar-refractivity contribution in [3.05, 3.63) is 11.4 Å². The van der Waals surface area contributed by atoms with E-state index in [0.29, 0.717) is 0 Å². The monoisotopic (exact) mass is 237 g/mol. The first-order valence-corrected chi connectivity index (χ1v) is 6.31. The van der Waals surface area contributed by atoms with Crippen molar-refractivity contribution in [3.8, 4) is 0 Å². The van der Waals surface area contributed by atoms with Crippen molar-refractivity contribution < 1.29 is 0 Å². The highest BCUT2D eigenvalue weighted by Crippen LogP contribution is 2.09. The maximum atomic E-state index is 4.57. The molecule has 0 aliphatic heterocycles. The molecule has 96 valence electrons. The van der Waals surface area contributed by atoms with E-state index in [4.69, 9.17) is 0 Å². The topological polar surface area (TPSA) is 53.9 Å². The minimum atomic E-state index is 0.732. The van der Waals surface area contributed by atoms with Gasteiger partial charge in [0.2, 0.25) is 5.95 Å². The van der Waals surface area contributed by atoms with Gasteiger partial charge in [-0.3, -0.25) is 0 Å². The van der Waals surface area contributed by atoms with Crippen molar-refractivity contribution in [3.63, 3.8) is 0 Å². The van der Waals surface area contributed by atoms with E-state index in [9.17, 15) is 0 Å². The highest BCUT2D eigenvalue weighted by molar-refractivity contribution is 5.28. The van der Waals surface area contributed by atoms with E-state index in [2.05, 4.69) is 39.2 Å². The van der Waals surface area contributed by atoms with E-state index < -0.39 is 0 Å². The van der Waals surface area contributed by atoms with Gasteiger partial charge in [-0.25, -0.2) is 4.98 Å². The van der Waals surface area contributed by atoms with Gasteiger partial charge in [-0.15, -0.1) is 5.10 Å². The average Bonchev–Trinajstić information content (AvgIpc) is 2.38. The predicted molar refractivity (Wildman–Crippen MR) is 70.4 cm³/mol. The first-order chi connectivity index (χ1) is 8.22. The fourth-order valence-electron chi connectivity index (χ4n) is 1.68. The summed E-state index contributed by atoms with van der Waals surface area (Å²) in [4.78, 5) is 6.63. The van der Waals surface area contributed by atoms with E-state index in [1.807, 2.05) is 14.1 Å². The molecule has 0 aliphatic rings. The second kappa shape index (κ2) is 7.17. The number of hydrogen-bond acceptors (Lipinski definition) is 5. The molecule has 1 heterocycles. The molecule has 1 N–H and O–H groups in total. The zero-order chi connectivity index (χ0) is 12.7. The summed E-state index contributed by atoms with van der Waals surface area (Å²) in [5, 5.41) is 11.6. The molecule has 5 nitrogen and oxygen atoms in total. The minimum Gasteiger partial charge on any atom is -0.343 e. The maximum Gasteiger partial charge on any atom is 0.245 e. The lowest BCUT2D eigenvalue weighted by atomic mass is 10.2. The van der Waals surface area contributed by atoms with Crippen molar-refractivity contribution in [1.82, 2.24) is 20.5 Å². The molecule has 5 heteroatoms. The largest absolute Gasteiger partial charge is 0.343 e. The summed E-state index contributed by atoms with van der Waals surface area (Å²) in [5.41, 5.74) is 2.08. The van der Waals surface area contributed by atoms with Gasteiger partial charge in [0.05, 0.1) is 11.4 Å². The Balaban J connectivity index is 2.70. The van der Waals surface area contributed by atoms with Gasteiger partial charge in [0, 0.05) is 13.6 Å². The molecule has 0 radical (unpaired) electrons. The lowest BCUT2D eigenvalue weighted by molar-refractivity contribution is 0.693. The van der Waals surface area contributed by atoms with Gasteiger partial charge < -0.3 is 10.2 Å². The third kappa shape index (κ3) is 3.93. The molecular weight excluding hydrogens is 214 g/mol. The molecule has 1 rings (SSSR count). The van der Waals surface area contributed by atoms with Crippen LogP contribution in [0.5, 0.6) is 0 Å². The number of aryl methyl sites for hydroxylation is 2. The Kier molecular flexibility index (Phi) is 5.83. The van der Waals surface area contributed by atoms with E-state index in [1.165, 1.54) is 0 Å². The van der Waals surface area contributed by atoms with Crippen molar-refractivity contribution in [1.29, 1.82) is 0 Å². The molecule has 0 aromatic carbocycles. The molecule has 0 fully saturated rings. The van der Waals surface area contributed by atoms with Crippen LogP contribution >= 0.6 is 0 Å². The van der Waals surface area contributed by atoms with Crippen LogP contribution in [0.2, 0.25) is 0 Å². The van der Waals surface area contributed by atoms with Crippen LogP contribution in [0.4, 0.5) is 5.95 Å². The van der Waals surface area contributed by atoms with Crippen LogP contribution in [0.15, 0.2) is 0 Å². The van der Waals surface area contributed by atoms with Crippen molar-refractivity contribution in [2.45, 2.75) is 33.1 Å². The Morgan fingerprint density at radius 2 is 1.82 bits per heavy atom. The number of aromatic nitrogens is 3. The SMILES string of the molecule is CCc1nnc(N(C)CCCNC)nc1CC. The molecule has 0 spiro atoms. The second-order valence-electron chi connectivity index (χ2n) is 4.09. The molecule has 0 amide bonds. The van der Waals surface area contributed by atoms with Gasteiger partial charge >= 0.3 is 0 Å². The zero-order valence-corrected chi connectivity index (χ0v) is 11.3. The smallest absolute Gasteiger partial charge is 0.245 e. The van der Waals surface area contributed by atoms with Gasteiger partial charge in [-0.05, 0) is 32.9 Å². The molecule has 1 aromatic heterocycles. The summed E-state index contributed by atoms with van der Waals surface area (Å²) in [6, 6.07) is 0. The van der Waals surface area contributed by atoms with Gasteiger partial charge in [-0.1, -0.05) is 13.8 Å². The van der Waals surface area contributed by atoms with Crippen LogP contribution in [-0.4, -0.2) is 42.4 Å². The summed E-state index contributed by atoms with van der Waals surface area (Å²) >= 11 is 0. The fourth-order valence-corrected chi connectivity index (χ4v) is 1.68. The van der Waals surface area contributed by atoms with Crippen molar-refractivity contribution in [2.24, 2.45) is 0 Å². The number of nitrogens with zero attached hydrogens (tertiary/aromatic N) is 4. The molecule has 17 heavy (non-hydrogen) atoms. The molecule has 0 unspecified atom stereocenters. The fraction of sp³-hybridized carbons (Fsp3) is 0.750. The van der Waals surface area contributed by atoms with Crippen molar-refractivity contribution >= 4 is 5.95 Å². The number of rotatable bonds is 7. The normalized spacial score (nSPS) is 10.6. The number of anilines is 1. The van der Waals surface area contributed by atoms with Crippen LogP contribution in [0.25, 0.3) is 0 Å². The van der Waals surface area contributed by atoms with E-state index >= 15 is 0 Å². The molecular formula is C12H23N5. The van der Waals surface area contributed by atoms with E-state index in [0.717, 1.165) is 49.7 Å². The minimum absolute atomic E-state index is 0.732. The Morgan fingerprint density at radius 3 is 2.41 bits per heavy atom. The Hall–Kier alpha value is -1.23. The third-order valence-corrected chi connectivity index (χ3v) is 2.76. The molecule has 0 bridgehead atoms. The van der Waals surface area contributed by atoms with E-state index in [1.54, 1.807) is 0 Å².